The lowest BCUT2D eigenvalue weighted by Gasteiger charge is -2.35. The van der Waals surface area contributed by atoms with Crippen LogP contribution in [0.5, 0.6) is 0 Å². The molecule has 3 N–H and O–H groups in total. The molecule has 0 bridgehead atoms. The van der Waals surface area contributed by atoms with Crippen LogP contribution in [-0.2, 0) is 10.2 Å². The fraction of sp³-hybridized carbons (Fsp3) is 0.515. The minimum absolute atomic E-state index is 0.258. The zero-order valence-electron chi connectivity index (χ0n) is 24.8. The number of carbonyl (C=O) groups excluding carboxylic acids is 1. The highest BCUT2D eigenvalue weighted by Crippen LogP contribution is 2.40. The molecule has 0 aliphatic rings. The molecule has 2 aromatic carbocycles. The van der Waals surface area contributed by atoms with Crippen molar-refractivity contribution in [3.63, 3.8) is 0 Å². The van der Waals surface area contributed by atoms with Gasteiger partial charge in [0.05, 0.1) is 0 Å². The topological polar surface area (TPSA) is 86.6 Å². The zero-order chi connectivity index (χ0) is 29.1. The number of benzene rings is 2. The van der Waals surface area contributed by atoms with Crippen molar-refractivity contribution in [3.05, 3.63) is 69.8 Å². The molecule has 38 heavy (non-hydrogen) atoms. The Morgan fingerprint density at radius 2 is 1.37 bits per heavy atom. The van der Waals surface area contributed by atoms with E-state index in [0.717, 1.165) is 35.1 Å². The monoisotopic (exact) mass is 519 g/mol. The third-order valence-electron chi connectivity index (χ3n) is 8.13. The van der Waals surface area contributed by atoms with Gasteiger partial charge >= 0.3 is 5.97 Å². The molecule has 1 atom stereocenters. The van der Waals surface area contributed by atoms with Gasteiger partial charge in [-0.25, -0.2) is 4.79 Å². The summed E-state index contributed by atoms with van der Waals surface area (Å²) in [5.41, 5.74) is 2.46. The highest BCUT2D eigenvalue weighted by molar-refractivity contribution is 5.98. The summed E-state index contributed by atoms with van der Waals surface area (Å²) in [6, 6.07) is 12.2. The molecule has 5 nitrogen and oxygen atoms in total. The molecule has 0 aliphatic heterocycles. The van der Waals surface area contributed by atoms with Crippen LogP contribution >= 0.6 is 0 Å². The first kappa shape index (κ1) is 31.1. The van der Waals surface area contributed by atoms with Gasteiger partial charge in [-0.2, -0.15) is 0 Å². The predicted molar refractivity (Wildman–Crippen MR) is 154 cm³/mol. The van der Waals surface area contributed by atoms with Crippen LogP contribution in [0.3, 0.4) is 0 Å². The second-order valence-electron chi connectivity index (χ2n) is 11.9. The highest BCUT2D eigenvalue weighted by atomic mass is 16.4. The van der Waals surface area contributed by atoms with E-state index in [1.54, 1.807) is 6.07 Å². The number of carboxylic acids is 1. The van der Waals surface area contributed by atoms with Gasteiger partial charge in [-0.15, -0.1) is 0 Å². The summed E-state index contributed by atoms with van der Waals surface area (Å²) < 4.78 is 0. The van der Waals surface area contributed by atoms with E-state index in [1.165, 1.54) is 19.4 Å². The zero-order valence-corrected chi connectivity index (χ0v) is 24.8. The van der Waals surface area contributed by atoms with Crippen molar-refractivity contribution >= 4 is 11.9 Å². The van der Waals surface area contributed by atoms with Crippen LogP contribution in [0.2, 0.25) is 0 Å². The van der Waals surface area contributed by atoms with Gasteiger partial charge < -0.3 is 15.5 Å². The molecule has 0 aliphatic carbocycles. The lowest BCUT2D eigenvalue weighted by atomic mass is 9.69. The summed E-state index contributed by atoms with van der Waals surface area (Å²) in [6.07, 6.45) is 2.28. The van der Waals surface area contributed by atoms with Crippen molar-refractivity contribution in [2.75, 3.05) is 0 Å². The molecule has 206 valence electrons. The number of aliphatic carboxylic acids is 1. The van der Waals surface area contributed by atoms with Crippen LogP contribution in [-0.4, -0.2) is 33.2 Å². The number of hydrogen-bond acceptors (Lipinski definition) is 3. The van der Waals surface area contributed by atoms with E-state index in [2.05, 4.69) is 50.1 Å². The Labute approximate surface area is 229 Å². The minimum Gasteiger partial charge on any atom is -0.480 e. The third-order valence-corrected chi connectivity index (χ3v) is 8.13. The van der Waals surface area contributed by atoms with Gasteiger partial charge in [0, 0.05) is 22.0 Å². The maximum atomic E-state index is 12.8. The number of rotatable bonds is 8. The predicted octanol–water partition coefficient (Wildman–Crippen LogP) is 6.54. The van der Waals surface area contributed by atoms with Gasteiger partial charge in [-0.1, -0.05) is 77.6 Å². The van der Waals surface area contributed by atoms with Crippen LogP contribution in [0.1, 0.15) is 113 Å². The fourth-order valence-electron chi connectivity index (χ4n) is 4.93. The van der Waals surface area contributed by atoms with Crippen LogP contribution in [0.4, 0.5) is 0 Å². The Balaban J connectivity index is 2.50. The molecular weight excluding hydrogens is 474 g/mol. The lowest BCUT2D eigenvalue weighted by molar-refractivity contribution is -0.143. The number of amides is 1. The Kier molecular flexibility index (Phi) is 9.28. The van der Waals surface area contributed by atoms with Gasteiger partial charge in [0.1, 0.15) is 11.1 Å². The summed E-state index contributed by atoms with van der Waals surface area (Å²) in [7, 11) is 0. The first-order valence-electron chi connectivity index (χ1n) is 13.5. The Morgan fingerprint density at radius 1 is 0.842 bits per heavy atom. The van der Waals surface area contributed by atoms with E-state index in [-0.39, 0.29) is 10.8 Å². The van der Waals surface area contributed by atoms with Gasteiger partial charge in [0.25, 0.3) is 5.91 Å². The number of nitrogens with one attached hydrogen (secondary N) is 1. The number of hydrogen-bond donors (Lipinski definition) is 3. The largest absolute Gasteiger partial charge is 0.480 e. The standard InChI is InChI=1S/C33H45NO4/c1-11-32(12-2,26-16-17-27(23(5)21-26)28(35)34-31(9,10)29(36)37)25-15-14-24(22(4)20-25)18-19-33(38,13-3)30(6,7)8/h14-17,20-21,38H,11-13H2,1-10H3,(H,34,35)(H,36,37). The molecule has 0 radical (unpaired) electrons. The maximum absolute atomic E-state index is 12.8. The molecule has 5 heteroatoms. The molecule has 0 saturated carbocycles. The molecule has 0 spiro atoms. The molecule has 1 unspecified atom stereocenters. The van der Waals surface area contributed by atoms with Crippen molar-refractivity contribution < 1.29 is 19.8 Å². The third kappa shape index (κ3) is 6.13. The van der Waals surface area contributed by atoms with E-state index < -0.39 is 23.0 Å². The van der Waals surface area contributed by atoms with Crippen molar-refractivity contribution in [2.24, 2.45) is 5.41 Å². The molecular formula is C33H45NO4. The van der Waals surface area contributed by atoms with Crippen molar-refractivity contribution in [1.29, 1.82) is 0 Å². The fourth-order valence-corrected chi connectivity index (χ4v) is 4.93. The average molecular weight is 520 g/mol. The minimum atomic E-state index is -1.36. The Morgan fingerprint density at radius 3 is 1.79 bits per heavy atom. The van der Waals surface area contributed by atoms with Crippen molar-refractivity contribution in [3.8, 4) is 11.8 Å². The molecule has 0 aromatic heterocycles. The van der Waals surface area contributed by atoms with E-state index in [1.807, 2.05) is 52.8 Å². The highest BCUT2D eigenvalue weighted by Gasteiger charge is 2.37. The quantitative estimate of drug-likeness (QED) is 0.346. The number of aryl methyl sites for hydroxylation is 2. The van der Waals surface area contributed by atoms with E-state index >= 15 is 0 Å². The molecule has 0 heterocycles. The summed E-state index contributed by atoms with van der Waals surface area (Å²) >= 11 is 0. The van der Waals surface area contributed by atoms with Gasteiger partial charge in [-0.05, 0) is 81.3 Å². The van der Waals surface area contributed by atoms with E-state index in [4.69, 9.17) is 0 Å². The first-order chi connectivity index (χ1) is 17.5. The second-order valence-corrected chi connectivity index (χ2v) is 11.9. The SMILES string of the molecule is CCC(CC)(c1ccc(C#CC(O)(CC)C(C)(C)C)c(C)c1)c1ccc(C(=O)NC(C)(C)C(=O)O)c(C)c1. The van der Waals surface area contributed by atoms with Crippen LogP contribution in [0.25, 0.3) is 0 Å². The molecule has 0 saturated heterocycles. The molecule has 1 amide bonds. The van der Waals surface area contributed by atoms with Gasteiger partial charge in [0.2, 0.25) is 0 Å². The summed E-state index contributed by atoms with van der Waals surface area (Å²) in [4.78, 5) is 24.3. The van der Waals surface area contributed by atoms with Crippen LogP contribution in [0, 0.1) is 31.1 Å². The number of carboxylic acid groups (broad SMARTS) is 1. The summed E-state index contributed by atoms with van der Waals surface area (Å²) in [5.74, 6) is 4.89. The Hall–Kier alpha value is -3.10. The molecule has 2 aromatic rings. The number of carbonyl (C=O) groups is 2. The Bertz CT molecular complexity index is 1250. The van der Waals surface area contributed by atoms with E-state index in [0.29, 0.717) is 12.0 Å². The van der Waals surface area contributed by atoms with Crippen molar-refractivity contribution in [2.45, 2.75) is 105 Å². The van der Waals surface area contributed by atoms with E-state index in [9.17, 15) is 19.8 Å². The molecule has 0 fully saturated rings. The van der Waals surface area contributed by atoms with Gasteiger partial charge in [-0.3, -0.25) is 4.79 Å². The summed E-state index contributed by atoms with van der Waals surface area (Å²) in [6.45, 7) is 19.2. The smallest absolute Gasteiger partial charge is 0.328 e. The van der Waals surface area contributed by atoms with Gasteiger partial charge in [0.15, 0.2) is 0 Å². The van der Waals surface area contributed by atoms with Crippen LogP contribution in [0.15, 0.2) is 36.4 Å². The second kappa shape index (κ2) is 11.3. The maximum Gasteiger partial charge on any atom is 0.328 e. The molecule has 2 rings (SSSR count). The summed E-state index contributed by atoms with van der Waals surface area (Å²) in [5, 5.41) is 23.0. The van der Waals surface area contributed by atoms with Crippen molar-refractivity contribution in [1.82, 2.24) is 5.32 Å². The average Bonchev–Trinajstić information content (AvgIpc) is 2.83. The first-order valence-corrected chi connectivity index (χ1v) is 13.5. The van der Waals surface area contributed by atoms with Crippen LogP contribution < -0.4 is 5.32 Å². The lowest BCUT2D eigenvalue weighted by Crippen LogP contribution is -2.49. The normalized spacial score (nSPS) is 13.8. The number of aliphatic hydroxyl groups is 1.